The molecule has 7 nitrogen and oxygen atoms in total. The van der Waals surface area contributed by atoms with Gasteiger partial charge in [0, 0.05) is 0 Å². The molecule has 1 heterocycles. The number of rotatable bonds is 5. The number of sulfonamides is 1. The predicted molar refractivity (Wildman–Crippen MR) is 102 cm³/mol. The molecule has 0 aliphatic carbocycles. The summed E-state index contributed by atoms with van der Waals surface area (Å²) in [4.78, 5) is 28.0. The molecule has 2 aromatic carbocycles. The number of carbonyl (C=O) groups is 2. The summed E-state index contributed by atoms with van der Waals surface area (Å²) in [6, 6.07) is 13.2. The standard InChI is InChI=1S/C19H21N3O4S/c1-13-9-10-16(11-17(13)27(25,26)20-3)22-18(23)12-21(19(22)24)14(2)15-7-5-4-6-8-15/h4-11,14,20H,12H2,1-3H3. The largest absolute Gasteiger partial charge is 0.332 e. The topological polar surface area (TPSA) is 86.8 Å². The Labute approximate surface area is 158 Å². The van der Waals surface area contributed by atoms with E-state index in [1.807, 2.05) is 37.3 Å². The average Bonchev–Trinajstić information content (AvgIpc) is 2.96. The second-order valence-corrected chi connectivity index (χ2v) is 8.24. The van der Waals surface area contributed by atoms with Gasteiger partial charge >= 0.3 is 6.03 Å². The van der Waals surface area contributed by atoms with Gasteiger partial charge in [0.1, 0.15) is 6.54 Å². The van der Waals surface area contributed by atoms with Gasteiger partial charge in [-0.3, -0.25) is 4.79 Å². The van der Waals surface area contributed by atoms with Gasteiger partial charge in [-0.25, -0.2) is 22.8 Å². The van der Waals surface area contributed by atoms with E-state index in [2.05, 4.69) is 4.72 Å². The molecule has 1 aliphatic rings. The van der Waals surface area contributed by atoms with E-state index in [1.165, 1.54) is 18.0 Å². The van der Waals surface area contributed by atoms with Crippen LogP contribution in [-0.2, 0) is 14.8 Å². The number of carbonyl (C=O) groups excluding carboxylic acids is 2. The molecule has 1 unspecified atom stereocenters. The van der Waals surface area contributed by atoms with Gasteiger partial charge in [-0.1, -0.05) is 36.4 Å². The summed E-state index contributed by atoms with van der Waals surface area (Å²) in [7, 11) is -2.39. The Hall–Kier alpha value is -2.71. The first-order valence-corrected chi connectivity index (χ1v) is 9.97. The highest BCUT2D eigenvalue weighted by Crippen LogP contribution is 2.30. The molecule has 3 amide bonds. The van der Waals surface area contributed by atoms with Crippen molar-refractivity contribution in [3.63, 3.8) is 0 Å². The number of imide groups is 1. The van der Waals surface area contributed by atoms with E-state index in [-0.39, 0.29) is 29.1 Å². The van der Waals surface area contributed by atoms with E-state index in [4.69, 9.17) is 0 Å². The minimum atomic E-state index is -3.70. The highest BCUT2D eigenvalue weighted by Gasteiger charge is 2.40. The second-order valence-electron chi connectivity index (χ2n) is 6.38. The van der Waals surface area contributed by atoms with Crippen LogP contribution in [0.25, 0.3) is 0 Å². The SMILES string of the molecule is CNS(=O)(=O)c1cc(N2C(=O)CN(C(C)c3ccccc3)C2=O)ccc1C. The maximum Gasteiger partial charge on any atom is 0.332 e. The molecule has 2 aromatic rings. The number of nitrogens with one attached hydrogen (secondary N) is 1. The van der Waals surface area contributed by atoms with Crippen molar-refractivity contribution in [3.05, 3.63) is 59.7 Å². The molecule has 142 valence electrons. The Morgan fingerprint density at radius 2 is 1.74 bits per heavy atom. The van der Waals surface area contributed by atoms with Crippen molar-refractivity contribution < 1.29 is 18.0 Å². The summed E-state index contributed by atoms with van der Waals surface area (Å²) in [5, 5.41) is 0. The molecule has 1 atom stereocenters. The number of aryl methyl sites for hydroxylation is 1. The maximum absolute atomic E-state index is 12.9. The zero-order valence-corrected chi connectivity index (χ0v) is 16.2. The van der Waals surface area contributed by atoms with Crippen LogP contribution in [0.5, 0.6) is 0 Å². The van der Waals surface area contributed by atoms with Crippen LogP contribution in [0.3, 0.4) is 0 Å². The van der Waals surface area contributed by atoms with Crippen molar-refractivity contribution in [2.75, 3.05) is 18.5 Å². The van der Waals surface area contributed by atoms with Crippen molar-refractivity contribution in [3.8, 4) is 0 Å². The zero-order chi connectivity index (χ0) is 19.8. The first-order chi connectivity index (χ1) is 12.8. The second kappa shape index (κ2) is 7.13. The average molecular weight is 387 g/mol. The fraction of sp³-hybridized carbons (Fsp3) is 0.263. The highest BCUT2D eigenvalue weighted by atomic mass is 32.2. The first-order valence-electron chi connectivity index (χ1n) is 8.49. The molecule has 0 aromatic heterocycles. The molecule has 0 bridgehead atoms. The first kappa shape index (κ1) is 19.1. The van der Waals surface area contributed by atoms with Gasteiger partial charge < -0.3 is 4.90 Å². The van der Waals surface area contributed by atoms with E-state index in [9.17, 15) is 18.0 Å². The normalized spacial score (nSPS) is 16.1. The monoisotopic (exact) mass is 387 g/mol. The molecule has 0 saturated carbocycles. The van der Waals surface area contributed by atoms with E-state index in [0.717, 1.165) is 10.5 Å². The highest BCUT2D eigenvalue weighted by molar-refractivity contribution is 7.89. The molecule has 1 aliphatic heterocycles. The molecule has 1 fully saturated rings. The van der Waals surface area contributed by atoms with Crippen molar-refractivity contribution in [1.29, 1.82) is 0 Å². The van der Waals surface area contributed by atoms with Gasteiger partial charge in [-0.15, -0.1) is 0 Å². The van der Waals surface area contributed by atoms with Crippen LogP contribution in [0.15, 0.2) is 53.4 Å². The van der Waals surface area contributed by atoms with E-state index >= 15 is 0 Å². The molecule has 1 saturated heterocycles. The van der Waals surface area contributed by atoms with Gasteiger partial charge in [-0.2, -0.15) is 0 Å². The summed E-state index contributed by atoms with van der Waals surface area (Å²) in [5.74, 6) is -0.389. The molecule has 27 heavy (non-hydrogen) atoms. The van der Waals surface area contributed by atoms with Crippen LogP contribution in [0.1, 0.15) is 24.1 Å². The van der Waals surface area contributed by atoms with Gasteiger partial charge in [-0.05, 0) is 44.2 Å². The molecular formula is C19H21N3O4S. The third-order valence-electron chi connectivity index (χ3n) is 4.73. The number of benzene rings is 2. The fourth-order valence-corrected chi connectivity index (χ4v) is 4.10. The van der Waals surface area contributed by atoms with Crippen molar-refractivity contribution in [2.45, 2.75) is 24.8 Å². The fourth-order valence-electron chi connectivity index (χ4n) is 3.12. The summed E-state index contributed by atoms with van der Waals surface area (Å²) < 4.78 is 26.7. The quantitative estimate of drug-likeness (QED) is 0.799. The van der Waals surface area contributed by atoms with Crippen LogP contribution >= 0.6 is 0 Å². The number of nitrogens with zero attached hydrogens (tertiary/aromatic N) is 2. The van der Waals surface area contributed by atoms with Crippen LogP contribution in [0.2, 0.25) is 0 Å². The van der Waals surface area contributed by atoms with Crippen LogP contribution in [-0.4, -0.2) is 38.8 Å². The maximum atomic E-state index is 12.9. The predicted octanol–water partition coefficient (Wildman–Crippen LogP) is 2.43. The van der Waals surface area contributed by atoms with E-state index in [0.29, 0.717) is 5.56 Å². The Morgan fingerprint density at radius 1 is 1.07 bits per heavy atom. The number of urea groups is 1. The van der Waals surface area contributed by atoms with Gasteiger partial charge in [0.2, 0.25) is 10.0 Å². The minimum Gasteiger partial charge on any atom is -0.308 e. The van der Waals surface area contributed by atoms with E-state index < -0.39 is 16.1 Å². The van der Waals surface area contributed by atoms with Crippen molar-refractivity contribution in [2.24, 2.45) is 0 Å². The minimum absolute atomic E-state index is 0.0395. The summed E-state index contributed by atoms with van der Waals surface area (Å²) in [6.07, 6.45) is 0. The molecule has 0 spiro atoms. The van der Waals surface area contributed by atoms with Crippen molar-refractivity contribution in [1.82, 2.24) is 9.62 Å². The van der Waals surface area contributed by atoms with Crippen LogP contribution in [0.4, 0.5) is 10.5 Å². The summed E-state index contributed by atoms with van der Waals surface area (Å²) in [6.45, 7) is 3.46. The van der Waals surface area contributed by atoms with Crippen LogP contribution < -0.4 is 9.62 Å². The van der Waals surface area contributed by atoms with Crippen LogP contribution in [0, 0.1) is 6.92 Å². The Morgan fingerprint density at radius 3 is 2.37 bits per heavy atom. The van der Waals surface area contributed by atoms with Crippen molar-refractivity contribution >= 4 is 27.6 Å². The zero-order valence-electron chi connectivity index (χ0n) is 15.3. The number of anilines is 1. The van der Waals surface area contributed by atoms with Gasteiger partial charge in [0.05, 0.1) is 16.6 Å². The van der Waals surface area contributed by atoms with Gasteiger partial charge in [0.25, 0.3) is 5.91 Å². The number of hydrogen-bond acceptors (Lipinski definition) is 4. The van der Waals surface area contributed by atoms with Gasteiger partial charge in [0.15, 0.2) is 0 Å². The lowest BCUT2D eigenvalue weighted by molar-refractivity contribution is -0.116. The Bertz CT molecular complexity index is 989. The Kier molecular flexibility index (Phi) is 5.03. The lowest BCUT2D eigenvalue weighted by Crippen LogP contribution is -2.34. The summed E-state index contributed by atoms with van der Waals surface area (Å²) in [5.41, 5.74) is 1.69. The Balaban J connectivity index is 1.96. The number of amides is 3. The third kappa shape index (κ3) is 3.45. The number of hydrogen-bond donors (Lipinski definition) is 1. The third-order valence-corrected chi connectivity index (χ3v) is 6.29. The lowest BCUT2D eigenvalue weighted by Gasteiger charge is -2.24. The molecule has 0 radical (unpaired) electrons. The van der Waals surface area contributed by atoms with E-state index in [1.54, 1.807) is 19.1 Å². The molecular weight excluding hydrogens is 366 g/mol. The summed E-state index contributed by atoms with van der Waals surface area (Å²) >= 11 is 0. The molecule has 1 N–H and O–H groups in total. The lowest BCUT2D eigenvalue weighted by atomic mass is 10.1. The molecule has 8 heteroatoms. The molecule has 3 rings (SSSR count). The smallest absolute Gasteiger partial charge is 0.308 e.